The third-order valence-electron chi connectivity index (χ3n) is 6.40. The first-order chi connectivity index (χ1) is 15.8. The monoisotopic (exact) mass is 455 g/mol. The van der Waals surface area contributed by atoms with Crippen molar-refractivity contribution in [1.29, 1.82) is 0 Å². The minimum absolute atomic E-state index is 0.0356. The average Bonchev–Trinajstić information content (AvgIpc) is 3.11. The number of likely N-dealkylation sites (tertiary alicyclic amines) is 1. The molecule has 2 heterocycles. The van der Waals surface area contributed by atoms with Gasteiger partial charge >= 0.3 is 0 Å². The van der Waals surface area contributed by atoms with Crippen molar-refractivity contribution in [2.45, 2.75) is 77.9 Å². The smallest absolute Gasteiger partial charge is 0.243 e. The van der Waals surface area contributed by atoms with Gasteiger partial charge in [-0.3, -0.25) is 14.4 Å². The molecule has 0 spiro atoms. The van der Waals surface area contributed by atoms with Gasteiger partial charge in [0, 0.05) is 26.1 Å². The quantitative estimate of drug-likeness (QED) is 0.608. The van der Waals surface area contributed by atoms with Crippen LogP contribution >= 0.6 is 0 Å². The van der Waals surface area contributed by atoms with Gasteiger partial charge < -0.3 is 20.1 Å². The van der Waals surface area contributed by atoms with Crippen molar-refractivity contribution in [3.8, 4) is 0 Å². The zero-order chi connectivity index (χ0) is 24.0. The number of carbonyl (C=O) groups is 3. The summed E-state index contributed by atoms with van der Waals surface area (Å²) < 4.78 is 1.94. The number of rotatable bonds is 9. The lowest BCUT2D eigenvalue weighted by Crippen LogP contribution is -2.51. The summed E-state index contributed by atoms with van der Waals surface area (Å²) in [7, 11) is 1.91. The number of aromatic nitrogens is 2. The molecule has 0 unspecified atom stereocenters. The van der Waals surface area contributed by atoms with Crippen molar-refractivity contribution in [3.63, 3.8) is 0 Å². The normalized spacial score (nSPS) is 17.2. The van der Waals surface area contributed by atoms with Crippen molar-refractivity contribution < 1.29 is 14.4 Å². The van der Waals surface area contributed by atoms with Gasteiger partial charge in [-0.25, -0.2) is 4.98 Å². The van der Waals surface area contributed by atoms with Gasteiger partial charge in [-0.2, -0.15) is 0 Å². The van der Waals surface area contributed by atoms with Crippen LogP contribution in [0.15, 0.2) is 24.3 Å². The highest BCUT2D eigenvalue weighted by Crippen LogP contribution is 2.18. The molecule has 1 aliphatic rings. The van der Waals surface area contributed by atoms with E-state index in [1.54, 1.807) is 0 Å². The number of imidazole rings is 1. The summed E-state index contributed by atoms with van der Waals surface area (Å²) in [5, 5.41) is 5.69. The van der Waals surface area contributed by atoms with Crippen LogP contribution in [0.25, 0.3) is 11.0 Å². The van der Waals surface area contributed by atoms with Gasteiger partial charge in [-0.1, -0.05) is 26.0 Å². The Kier molecular flexibility index (Phi) is 8.47. The molecule has 8 nitrogen and oxygen atoms in total. The molecule has 0 saturated carbocycles. The number of benzene rings is 1. The van der Waals surface area contributed by atoms with Crippen LogP contribution in [-0.4, -0.2) is 50.8 Å². The number of para-hydroxylation sites is 2. The topological polar surface area (TPSA) is 96.3 Å². The van der Waals surface area contributed by atoms with Gasteiger partial charge in [0.15, 0.2) is 0 Å². The lowest BCUT2D eigenvalue weighted by atomic mass is 10.0. The highest BCUT2D eigenvalue weighted by Gasteiger charge is 2.29. The molecule has 1 fully saturated rings. The Labute approximate surface area is 196 Å². The molecule has 1 aromatic carbocycles. The Hall–Kier alpha value is -2.90. The molecule has 2 aromatic rings. The van der Waals surface area contributed by atoms with E-state index in [0.717, 1.165) is 36.7 Å². The maximum absolute atomic E-state index is 13.1. The van der Waals surface area contributed by atoms with Crippen molar-refractivity contribution in [1.82, 2.24) is 25.1 Å². The van der Waals surface area contributed by atoms with Crippen LogP contribution in [0.3, 0.4) is 0 Å². The summed E-state index contributed by atoms with van der Waals surface area (Å²) >= 11 is 0. The number of piperidine rings is 1. The summed E-state index contributed by atoms with van der Waals surface area (Å²) in [5.41, 5.74) is 1.84. The first-order valence-corrected chi connectivity index (χ1v) is 12.0. The van der Waals surface area contributed by atoms with Crippen LogP contribution in [-0.2, 0) is 28.0 Å². The van der Waals surface area contributed by atoms with E-state index in [4.69, 9.17) is 0 Å². The molecule has 8 heteroatoms. The van der Waals surface area contributed by atoms with E-state index < -0.39 is 6.04 Å². The Morgan fingerprint density at radius 2 is 1.94 bits per heavy atom. The molecule has 0 bridgehead atoms. The average molecular weight is 456 g/mol. The number of nitrogens with one attached hydrogen (secondary N) is 2. The maximum Gasteiger partial charge on any atom is 0.243 e. The third-order valence-corrected chi connectivity index (χ3v) is 6.40. The second kappa shape index (κ2) is 11.3. The van der Waals surface area contributed by atoms with Gasteiger partial charge in [0.25, 0.3) is 0 Å². The van der Waals surface area contributed by atoms with Crippen molar-refractivity contribution >= 4 is 28.8 Å². The van der Waals surface area contributed by atoms with Crippen LogP contribution in [0.2, 0.25) is 0 Å². The number of aryl methyl sites for hydroxylation is 1. The lowest BCUT2D eigenvalue weighted by Gasteiger charge is -2.34. The Morgan fingerprint density at radius 1 is 1.18 bits per heavy atom. The molecule has 0 radical (unpaired) electrons. The summed E-state index contributed by atoms with van der Waals surface area (Å²) in [6, 6.07) is 7.03. The first kappa shape index (κ1) is 24.7. The van der Waals surface area contributed by atoms with Gasteiger partial charge in [0.1, 0.15) is 11.9 Å². The van der Waals surface area contributed by atoms with E-state index in [1.165, 1.54) is 0 Å². The minimum atomic E-state index is -0.902. The molecule has 3 rings (SSSR count). The van der Waals surface area contributed by atoms with Crippen LogP contribution in [0.5, 0.6) is 0 Å². The summed E-state index contributed by atoms with van der Waals surface area (Å²) in [5.74, 6) is 0.445. The number of nitrogens with zero attached hydrogens (tertiary/aromatic N) is 3. The van der Waals surface area contributed by atoms with Crippen LogP contribution < -0.4 is 10.6 Å². The number of amides is 3. The van der Waals surface area contributed by atoms with Crippen LogP contribution in [0.4, 0.5) is 0 Å². The molecule has 2 N–H and O–H groups in total. The molecular weight excluding hydrogens is 418 g/mol. The fourth-order valence-electron chi connectivity index (χ4n) is 4.30. The molecule has 0 aliphatic carbocycles. The van der Waals surface area contributed by atoms with Crippen molar-refractivity contribution in [3.05, 3.63) is 30.1 Å². The van der Waals surface area contributed by atoms with Crippen molar-refractivity contribution in [2.24, 2.45) is 13.0 Å². The van der Waals surface area contributed by atoms with Gasteiger partial charge in [0.2, 0.25) is 17.7 Å². The second-order valence-corrected chi connectivity index (χ2v) is 9.48. The summed E-state index contributed by atoms with van der Waals surface area (Å²) in [4.78, 5) is 45.0. The summed E-state index contributed by atoms with van der Waals surface area (Å²) in [6.45, 7) is 7.07. The third kappa shape index (κ3) is 6.55. The molecule has 1 aromatic heterocycles. The number of hydrogen-bond donors (Lipinski definition) is 2. The van der Waals surface area contributed by atoms with E-state index in [9.17, 15) is 14.4 Å². The number of carbonyl (C=O) groups excluding carboxylic acids is 3. The fraction of sp³-hybridized carbons (Fsp3) is 0.600. The molecule has 1 saturated heterocycles. The molecule has 33 heavy (non-hydrogen) atoms. The van der Waals surface area contributed by atoms with E-state index in [-0.39, 0.29) is 36.7 Å². The number of fused-ring (bicyclic) bond motifs is 1. The van der Waals surface area contributed by atoms with Gasteiger partial charge in [-0.05, 0) is 50.7 Å². The highest BCUT2D eigenvalue weighted by molar-refractivity contribution is 5.92. The number of hydrogen-bond acceptors (Lipinski definition) is 4. The first-order valence-electron chi connectivity index (χ1n) is 12.0. The standard InChI is InChI=1S/C25H37N5O3/c1-17(2)12-13-23(31)28-20(15-24(32)30-14-8-7-9-18(30)3)25(33)26-16-22-27-19-10-5-6-11-21(19)29(22)4/h5-6,10-11,17-18,20H,7-9,12-16H2,1-4H3,(H,26,33)(H,28,31)/t18-,20-/m0/s1. The molecule has 180 valence electrons. The minimum Gasteiger partial charge on any atom is -0.347 e. The van der Waals surface area contributed by atoms with Crippen LogP contribution in [0, 0.1) is 5.92 Å². The maximum atomic E-state index is 13.1. The van der Waals surface area contributed by atoms with E-state index >= 15 is 0 Å². The highest BCUT2D eigenvalue weighted by atomic mass is 16.2. The zero-order valence-electron chi connectivity index (χ0n) is 20.3. The second-order valence-electron chi connectivity index (χ2n) is 9.48. The van der Waals surface area contributed by atoms with Gasteiger partial charge in [0.05, 0.1) is 24.0 Å². The molecule has 1 aliphatic heterocycles. The molecular formula is C25H37N5O3. The predicted molar refractivity (Wildman–Crippen MR) is 128 cm³/mol. The largest absolute Gasteiger partial charge is 0.347 e. The van der Waals surface area contributed by atoms with E-state index in [2.05, 4.69) is 29.5 Å². The Bertz CT molecular complexity index is 984. The van der Waals surface area contributed by atoms with E-state index in [0.29, 0.717) is 24.7 Å². The zero-order valence-corrected chi connectivity index (χ0v) is 20.3. The van der Waals surface area contributed by atoms with Crippen molar-refractivity contribution in [2.75, 3.05) is 6.54 Å². The fourth-order valence-corrected chi connectivity index (χ4v) is 4.30. The molecule has 3 amide bonds. The predicted octanol–water partition coefficient (Wildman–Crippen LogP) is 2.90. The van der Waals surface area contributed by atoms with Gasteiger partial charge in [-0.15, -0.1) is 0 Å². The lowest BCUT2D eigenvalue weighted by molar-refractivity contribution is -0.138. The SMILES string of the molecule is CC(C)CCC(=O)N[C@@H](CC(=O)N1CCCC[C@@H]1C)C(=O)NCc1nc2ccccc2n1C. The summed E-state index contributed by atoms with van der Waals surface area (Å²) in [6.07, 6.45) is 4.08. The van der Waals surface area contributed by atoms with E-state index in [1.807, 2.05) is 47.7 Å². The Balaban J connectivity index is 1.68. The Morgan fingerprint density at radius 3 is 2.64 bits per heavy atom. The van der Waals surface area contributed by atoms with Crippen LogP contribution in [0.1, 0.15) is 65.1 Å². The molecule has 2 atom stereocenters.